The summed E-state index contributed by atoms with van der Waals surface area (Å²) >= 11 is 0. The topological polar surface area (TPSA) is 91.3 Å². The van der Waals surface area contributed by atoms with Crippen LogP contribution in [0.2, 0.25) is 0 Å². The van der Waals surface area contributed by atoms with Crippen LogP contribution in [-0.4, -0.2) is 36.5 Å². The standard InChI is InChI=1S/C20H28N4O4/c1-6-7-8-10-15(4)13-24-16-17(21-19(24)28-14(2)3)22(5)20(27)23(18(16)26)11-9-12-25/h6-8,10,14,25H,1,9,11-13H2,2-5H3/b8-7-,15-10+. The van der Waals surface area contributed by atoms with E-state index in [-0.39, 0.29) is 30.9 Å². The van der Waals surface area contributed by atoms with E-state index in [0.29, 0.717) is 18.5 Å². The Labute approximate surface area is 163 Å². The van der Waals surface area contributed by atoms with Crippen LogP contribution in [0, 0.1) is 0 Å². The third-order valence-electron chi connectivity index (χ3n) is 4.11. The molecule has 152 valence electrons. The summed E-state index contributed by atoms with van der Waals surface area (Å²) in [6, 6.07) is 0.289. The van der Waals surface area contributed by atoms with E-state index >= 15 is 0 Å². The molecular weight excluding hydrogens is 360 g/mol. The van der Waals surface area contributed by atoms with Crippen LogP contribution >= 0.6 is 0 Å². The van der Waals surface area contributed by atoms with E-state index in [1.807, 2.05) is 39.0 Å². The molecule has 8 heteroatoms. The highest BCUT2D eigenvalue weighted by Gasteiger charge is 2.21. The van der Waals surface area contributed by atoms with Crippen molar-refractivity contribution in [3.8, 4) is 6.01 Å². The van der Waals surface area contributed by atoms with Gasteiger partial charge in [-0.25, -0.2) is 4.79 Å². The monoisotopic (exact) mass is 388 g/mol. The van der Waals surface area contributed by atoms with Gasteiger partial charge in [-0.2, -0.15) is 4.98 Å². The predicted molar refractivity (Wildman–Crippen MR) is 110 cm³/mol. The van der Waals surface area contributed by atoms with Crippen molar-refractivity contribution in [2.45, 2.75) is 46.4 Å². The van der Waals surface area contributed by atoms with Gasteiger partial charge in [0.05, 0.1) is 6.10 Å². The first-order valence-corrected chi connectivity index (χ1v) is 9.24. The van der Waals surface area contributed by atoms with Gasteiger partial charge in [0, 0.05) is 26.7 Å². The Bertz CT molecular complexity index is 1020. The van der Waals surface area contributed by atoms with Crippen molar-refractivity contribution in [3.05, 3.63) is 57.3 Å². The zero-order valence-electron chi connectivity index (χ0n) is 16.9. The molecule has 0 spiro atoms. The fraction of sp³-hybridized carbons (Fsp3) is 0.450. The van der Waals surface area contributed by atoms with E-state index in [2.05, 4.69) is 11.6 Å². The molecular formula is C20H28N4O4. The molecule has 0 saturated carbocycles. The molecule has 0 aromatic carbocycles. The third kappa shape index (κ3) is 4.51. The number of hydrogen-bond acceptors (Lipinski definition) is 5. The normalized spacial score (nSPS) is 12.4. The van der Waals surface area contributed by atoms with E-state index in [0.717, 1.165) is 10.1 Å². The molecule has 1 N–H and O–H groups in total. The SMILES string of the molecule is C=C/C=C\C=C(/C)Cn1c(OC(C)C)nc2c1c(=O)n(CCCO)c(=O)n2C. The Balaban J connectivity index is 2.73. The molecule has 0 amide bonds. The maximum absolute atomic E-state index is 13.1. The van der Waals surface area contributed by atoms with Gasteiger partial charge in [0.25, 0.3) is 11.6 Å². The van der Waals surface area contributed by atoms with Crippen LogP contribution in [-0.2, 0) is 20.1 Å². The molecule has 0 bridgehead atoms. The first kappa shape index (κ1) is 21.4. The van der Waals surface area contributed by atoms with Gasteiger partial charge >= 0.3 is 5.69 Å². The summed E-state index contributed by atoms with van der Waals surface area (Å²) < 4.78 is 9.98. The lowest BCUT2D eigenvalue weighted by Crippen LogP contribution is -2.39. The maximum atomic E-state index is 13.1. The fourth-order valence-electron chi connectivity index (χ4n) is 2.83. The van der Waals surface area contributed by atoms with Crippen molar-refractivity contribution in [2.24, 2.45) is 7.05 Å². The molecule has 28 heavy (non-hydrogen) atoms. The number of hydrogen-bond donors (Lipinski definition) is 1. The largest absolute Gasteiger partial charge is 0.462 e. The Morgan fingerprint density at radius 3 is 2.61 bits per heavy atom. The zero-order valence-corrected chi connectivity index (χ0v) is 16.9. The lowest BCUT2D eigenvalue weighted by atomic mass is 10.2. The summed E-state index contributed by atoms with van der Waals surface area (Å²) in [5.41, 5.74) is 0.651. The number of allylic oxidation sites excluding steroid dienone is 5. The van der Waals surface area contributed by atoms with E-state index in [1.54, 1.807) is 17.7 Å². The summed E-state index contributed by atoms with van der Waals surface area (Å²) in [5.74, 6) is 0. The van der Waals surface area contributed by atoms with Crippen molar-refractivity contribution in [1.29, 1.82) is 0 Å². The minimum Gasteiger partial charge on any atom is -0.462 e. The van der Waals surface area contributed by atoms with Crippen LogP contribution in [0.3, 0.4) is 0 Å². The minimum absolute atomic E-state index is 0.105. The second kappa shape index (κ2) is 9.36. The summed E-state index contributed by atoms with van der Waals surface area (Å²) in [5, 5.41) is 9.09. The Morgan fingerprint density at radius 2 is 2.00 bits per heavy atom. The van der Waals surface area contributed by atoms with E-state index in [4.69, 9.17) is 9.84 Å². The van der Waals surface area contributed by atoms with Crippen molar-refractivity contribution in [1.82, 2.24) is 18.7 Å². The van der Waals surface area contributed by atoms with Crippen molar-refractivity contribution < 1.29 is 9.84 Å². The summed E-state index contributed by atoms with van der Waals surface area (Å²) in [4.78, 5) is 30.1. The first-order chi connectivity index (χ1) is 13.3. The van der Waals surface area contributed by atoms with Gasteiger partial charge in [0.2, 0.25) is 0 Å². The lowest BCUT2D eigenvalue weighted by Gasteiger charge is -2.13. The molecule has 2 aromatic heterocycles. The van der Waals surface area contributed by atoms with E-state index < -0.39 is 11.2 Å². The average molecular weight is 388 g/mol. The highest BCUT2D eigenvalue weighted by atomic mass is 16.5. The molecule has 2 heterocycles. The van der Waals surface area contributed by atoms with Gasteiger partial charge in [0.15, 0.2) is 11.2 Å². The second-order valence-corrected chi connectivity index (χ2v) is 6.83. The quantitative estimate of drug-likeness (QED) is 0.661. The molecule has 0 aliphatic rings. The molecule has 0 radical (unpaired) electrons. The molecule has 0 aliphatic carbocycles. The van der Waals surface area contributed by atoms with Gasteiger partial charge in [-0.15, -0.1) is 0 Å². The molecule has 2 rings (SSSR count). The van der Waals surface area contributed by atoms with E-state index in [1.165, 1.54) is 4.57 Å². The first-order valence-electron chi connectivity index (χ1n) is 9.24. The van der Waals surface area contributed by atoms with Gasteiger partial charge in [-0.3, -0.25) is 18.5 Å². The Kier molecular flexibility index (Phi) is 7.17. The average Bonchev–Trinajstić information content (AvgIpc) is 2.98. The van der Waals surface area contributed by atoms with Crippen molar-refractivity contribution in [2.75, 3.05) is 6.61 Å². The highest BCUT2D eigenvalue weighted by Crippen LogP contribution is 2.20. The number of aryl methyl sites for hydroxylation is 1. The smallest absolute Gasteiger partial charge is 0.332 e. The van der Waals surface area contributed by atoms with Crippen molar-refractivity contribution in [3.63, 3.8) is 0 Å². The number of ether oxygens (including phenoxy) is 1. The second-order valence-electron chi connectivity index (χ2n) is 6.83. The van der Waals surface area contributed by atoms with Gasteiger partial charge < -0.3 is 9.84 Å². The number of nitrogens with zero attached hydrogens (tertiary/aromatic N) is 4. The van der Waals surface area contributed by atoms with Gasteiger partial charge in [-0.05, 0) is 27.2 Å². The molecule has 0 aliphatic heterocycles. The number of aliphatic hydroxyl groups excluding tert-OH is 1. The number of fused-ring (bicyclic) bond motifs is 1. The van der Waals surface area contributed by atoms with Crippen LogP contribution in [0.1, 0.15) is 27.2 Å². The molecule has 0 atom stereocenters. The van der Waals surface area contributed by atoms with Crippen LogP contribution in [0.4, 0.5) is 0 Å². The van der Waals surface area contributed by atoms with Crippen LogP contribution in [0.15, 0.2) is 46.0 Å². The summed E-state index contributed by atoms with van der Waals surface area (Å²) in [6.07, 6.45) is 7.44. The zero-order chi connectivity index (χ0) is 20.8. The molecule has 0 fully saturated rings. The third-order valence-corrected chi connectivity index (χ3v) is 4.11. The van der Waals surface area contributed by atoms with Crippen LogP contribution in [0.25, 0.3) is 11.2 Å². The highest BCUT2D eigenvalue weighted by molar-refractivity contribution is 5.72. The predicted octanol–water partition coefficient (Wildman–Crippen LogP) is 1.75. The number of aromatic nitrogens is 4. The summed E-state index contributed by atoms with van der Waals surface area (Å²) in [6.45, 7) is 9.74. The van der Waals surface area contributed by atoms with Crippen LogP contribution < -0.4 is 16.0 Å². The van der Waals surface area contributed by atoms with Gasteiger partial charge in [0.1, 0.15) is 0 Å². The van der Waals surface area contributed by atoms with Gasteiger partial charge in [-0.1, -0.05) is 36.5 Å². The lowest BCUT2D eigenvalue weighted by molar-refractivity contribution is 0.214. The number of imidazole rings is 1. The molecule has 0 saturated heterocycles. The fourth-order valence-corrected chi connectivity index (χ4v) is 2.83. The minimum atomic E-state index is -0.465. The number of aliphatic hydroxyl groups is 1. The Hall–Kier alpha value is -2.87. The van der Waals surface area contributed by atoms with E-state index in [9.17, 15) is 9.59 Å². The Morgan fingerprint density at radius 1 is 1.29 bits per heavy atom. The number of rotatable bonds is 9. The van der Waals surface area contributed by atoms with Crippen LogP contribution in [0.5, 0.6) is 6.01 Å². The molecule has 8 nitrogen and oxygen atoms in total. The summed E-state index contributed by atoms with van der Waals surface area (Å²) in [7, 11) is 1.57. The molecule has 0 unspecified atom stereocenters. The van der Waals surface area contributed by atoms with Crippen molar-refractivity contribution >= 4 is 11.2 Å². The molecule has 2 aromatic rings. The maximum Gasteiger partial charge on any atom is 0.332 e.